The summed E-state index contributed by atoms with van der Waals surface area (Å²) in [4.78, 5) is 27.0. The summed E-state index contributed by atoms with van der Waals surface area (Å²) < 4.78 is 17.3. The van der Waals surface area contributed by atoms with Gasteiger partial charge in [0.1, 0.15) is 17.2 Å². The second-order valence-electron chi connectivity index (χ2n) is 10.4. The van der Waals surface area contributed by atoms with Crippen molar-refractivity contribution in [1.29, 1.82) is 0 Å². The summed E-state index contributed by atoms with van der Waals surface area (Å²) in [5.74, 6) is -2.13. The molecule has 0 aromatic heterocycles. The summed E-state index contributed by atoms with van der Waals surface area (Å²) >= 11 is 0. The summed E-state index contributed by atoms with van der Waals surface area (Å²) in [6.45, 7) is 5.18. The number of aliphatic hydroxyl groups is 2. The Morgan fingerprint density at radius 3 is 2.42 bits per heavy atom. The number of benzene rings is 2. The Morgan fingerprint density at radius 2 is 1.75 bits per heavy atom. The number of ether oxygens (including phenoxy) is 3. The summed E-state index contributed by atoms with van der Waals surface area (Å²) in [6, 6.07) is 4.59. The van der Waals surface area contributed by atoms with E-state index in [9.17, 15) is 30.0 Å². The van der Waals surface area contributed by atoms with Crippen molar-refractivity contribution in [3.05, 3.63) is 51.6 Å². The SMILES string of the molecule is COc1cccc2c1C(=O)c1c(O)c3c(c(O)c1C2=O)C[C@](C)(O)C[C@@H]3O[C@H]1C[C@H](C)[C@H](O)[C@H](C)O1. The lowest BCUT2D eigenvalue weighted by atomic mass is 9.73. The Balaban J connectivity index is 1.65. The number of carbonyl (C=O) groups excluding carboxylic acids is 2. The Bertz CT molecular complexity index is 1250. The summed E-state index contributed by atoms with van der Waals surface area (Å²) in [6.07, 6.45) is -2.47. The molecule has 0 saturated carbocycles. The predicted molar refractivity (Wildman–Crippen MR) is 127 cm³/mol. The molecule has 1 fully saturated rings. The molecule has 5 rings (SSSR count). The lowest BCUT2D eigenvalue weighted by molar-refractivity contribution is -0.255. The maximum Gasteiger partial charge on any atom is 0.202 e. The van der Waals surface area contributed by atoms with Crippen LogP contribution in [0.5, 0.6) is 17.2 Å². The van der Waals surface area contributed by atoms with E-state index in [-0.39, 0.29) is 57.9 Å². The van der Waals surface area contributed by atoms with Gasteiger partial charge in [0.2, 0.25) is 5.78 Å². The number of hydrogen-bond donors (Lipinski definition) is 4. The molecule has 1 aliphatic heterocycles. The Kier molecular flexibility index (Phi) is 5.87. The van der Waals surface area contributed by atoms with Crippen LogP contribution in [-0.2, 0) is 15.9 Å². The number of carbonyl (C=O) groups is 2. The number of phenolic OH excluding ortho intramolecular Hbond substituents is 2. The summed E-state index contributed by atoms with van der Waals surface area (Å²) in [5, 5.41) is 43.9. The molecule has 1 saturated heterocycles. The minimum absolute atomic E-state index is 0.0136. The first-order chi connectivity index (χ1) is 16.9. The van der Waals surface area contributed by atoms with Crippen LogP contribution in [0, 0.1) is 5.92 Å². The molecule has 192 valence electrons. The second kappa shape index (κ2) is 8.55. The van der Waals surface area contributed by atoms with Gasteiger partial charge in [-0.25, -0.2) is 0 Å². The average Bonchev–Trinajstić information content (AvgIpc) is 2.81. The van der Waals surface area contributed by atoms with Gasteiger partial charge in [-0.15, -0.1) is 0 Å². The number of ketones is 2. The number of fused-ring (bicyclic) bond motifs is 3. The van der Waals surface area contributed by atoms with Crippen molar-refractivity contribution in [1.82, 2.24) is 0 Å². The number of methoxy groups -OCH3 is 1. The van der Waals surface area contributed by atoms with Crippen molar-refractivity contribution in [2.45, 2.75) is 70.2 Å². The first kappa shape index (κ1) is 24.7. The van der Waals surface area contributed by atoms with Crippen LogP contribution in [0.15, 0.2) is 18.2 Å². The number of aromatic hydroxyl groups is 2. The molecule has 6 atom stereocenters. The minimum atomic E-state index is -1.33. The van der Waals surface area contributed by atoms with Gasteiger partial charge in [-0.2, -0.15) is 0 Å². The van der Waals surface area contributed by atoms with E-state index < -0.39 is 53.3 Å². The van der Waals surface area contributed by atoms with Gasteiger partial charge in [0.25, 0.3) is 0 Å². The Hall–Kier alpha value is -2.98. The van der Waals surface area contributed by atoms with Crippen molar-refractivity contribution >= 4 is 11.6 Å². The summed E-state index contributed by atoms with van der Waals surface area (Å²) in [7, 11) is 1.38. The molecule has 36 heavy (non-hydrogen) atoms. The van der Waals surface area contributed by atoms with E-state index in [1.54, 1.807) is 26.0 Å². The standard InChI is InChI=1S/C27H30O9/c1-11-8-17(35-12(2)22(11)28)36-16-10-27(3,33)9-14-19(16)26(32)21-20(24(14)30)23(29)13-6-5-7-15(34-4)18(13)25(21)31/h5-7,11-12,16-17,22,28,30,32-33H,8-10H2,1-4H3/t11-,12-,16-,17-,22-,27-/m0/s1. The van der Waals surface area contributed by atoms with E-state index in [1.165, 1.54) is 13.2 Å². The third-order valence-electron chi connectivity index (χ3n) is 7.58. The lowest BCUT2D eigenvalue weighted by Gasteiger charge is -2.42. The Labute approximate surface area is 208 Å². The van der Waals surface area contributed by atoms with E-state index in [1.807, 2.05) is 6.92 Å². The predicted octanol–water partition coefficient (Wildman–Crippen LogP) is 2.77. The van der Waals surface area contributed by atoms with Crippen LogP contribution >= 0.6 is 0 Å². The molecule has 0 bridgehead atoms. The molecule has 2 aromatic carbocycles. The van der Waals surface area contributed by atoms with Crippen LogP contribution in [0.2, 0.25) is 0 Å². The van der Waals surface area contributed by atoms with Crippen molar-refractivity contribution < 1.29 is 44.2 Å². The van der Waals surface area contributed by atoms with Gasteiger partial charge in [0.15, 0.2) is 12.1 Å². The molecule has 0 unspecified atom stereocenters. The van der Waals surface area contributed by atoms with E-state index in [0.717, 1.165) is 0 Å². The summed E-state index contributed by atoms with van der Waals surface area (Å²) in [5.41, 5.74) is -1.57. The first-order valence-corrected chi connectivity index (χ1v) is 12.0. The number of hydrogen-bond acceptors (Lipinski definition) is 9. The molecular formula is C27H30O9. The topological polar surface area (TPSA) is 143 Å². The molecule has 1 heterocycles. The van der Waals surface area contributed by atoms with Gasteiger partial charge in [-0.05, 0) is 25.8 Å². The van der Waals surface area contributed by atoms with Gasteiger partial charge in [0, 0.05) is 36.0 Å². The van der Waals surface area contributed by atoms with E-state index in [4.69, 9.17) is 14.2 Å². The first-order valence-electron chi connectivity index (χ1n) is 12.0. The fraction of sp³-hybridized carbons (Fsp3) is 0.481. The highest BCUT2D eigenvalue weighted by Crippen LogP contribution is 2.52. The molecule has 4 N–H and O–H groups in total. The van der Waals surface area contributed by atoms with Crippen molar-refractivity contribution in [2.75, 3.05) is 7.11 Å². The molecule has 9 nitrogen and oxygen atoms in total. The van der Waals surface area contributed by atoms with Gasteiger partial charge in [-0.1, -0.05) is 19.1 Å². The van der Waals surface area contributed by atoms with Crippen LogP contribution < -0.4 is 4.74 Å². The zero-order valence-electron chi connectivity index (χ0n) is 20.6. The molecule has 0 radical (unpaired) electrons. The smallest absolute Gasteiger partial charge is 0.202 e. The highest BCUT2D eigenvalue weighted by molar-refractivity contribution is 6.31. The van der Waals surface area contributed by atoms with Crippen LogP contribution in [0.25, 0.3) is 0 Å². The van der Waals surface area contributed by atoms with Gasteiger partial charge >= 0.3 is 0 Å². The van der Waals surface area contributed by atoms with Crippen LogP contribution in [0.4, 0.5) is 0 Å². The van der Waals surface area contributed by atoms with Crippen molar-refractivity contribution in [3.8, 4) is 17.2 Å². The second-order valence-corrected chi connectivity index (χ2v) is 10.4. The van der Waals surface area contributed by atoms with Gasteiger partial charge in [0.05, 0.1) is 47.7 Å². The molecule has 2 aliphatic carbocycles. The minimum Gasteiger partial charge on any atom is -0.507 e. The maximum absolute atomic E-state index is 13.6. The zero-order chi connectivity index (χ0) is 26.1. The normalized spacial score (nSPS) is 31.4. The number of aliphatic hydroxyl groups excluding tert-OH is 1. The third-order valence-corrected chi connectivity index (χ3v) is 7.58. The van der Waals surface area contributed by atoms with Gasteiger partial charge in [-0.3, -0.25) is 9.59 Å². The van der Waals surface area contributed by atoms with E-state index in [0.29, 0.717) is 6.42 Å². The van der Waals surface area contributed by atoms with Crippen molar-refractivity contribution in [2.24, 2.45) is 5.92 Å². The van der Waals surface area contributed by atoms with Crippen molar-refractivity contribution in [3.63, 3.8) is 0 Å². The van der Waals surface area contributed by atoms with Crippen LogP contribution in [-0.4, -0.2) is 63.2 Å². The highest BCUT2D eigenvalue weighted by Gasteiger charge is 2.46. The quantitative estimate of drug-likeness (QED) is 0.401. The lowest BCUT2D eigenvalue weighted by Crippen LogP contribution is -2.45. The molecule has 9 heteroatoms. The van der Waals surface area contributed by atoms with E-state index >= 15 is 0 Å². The molecular weight excluding hydrogens is 468 g/mol. The zero-order valence-corrected chi connectivity index (χ0v) is 20.6. The van der Waals surface area contributed by atoms with Crippen LogP contribution in [0.3, 0.4) is 0 Å². The maximum atomic E-state index is 13.6. The Morgan fingerprint density at radius 1 is 1.06 bits per heavy atom. The molecule has 2 aromatic rings. The monoisotopic (exact) mass is 498 g/mol. The van der Waals surface area contributed by atoms with Gasteiger partial charge < -0.3 is 34.6 Å². The fourth-order valence-corrected chi connectivity index (χ4v) is 5.77. The molecule has 0 amide bonds. The molecule has 0 spiro atoms. The number of rotatable bonds is 3. The average molecular weight is 499 g/mol. The third kappa shape index (κ3) is 3.69. The number of phenols is 2. The molecule has 3 aliphatic rings. The fourth-order valence-electron chi connectivity index (χ4n) is 5.77. The van der Waals surface area contributed by atoms with Crippen LogP contribution in [0.1, 0.15) is 82.7 Å². The largest absolute Gasteiger partial charge is 0.507 e. The highest BCUT2D eigenvalue weighted by atomic mass is 16.7. The van der Waals surface area contributed by atoms with E-state index in [2.05, 4.69) is 0 Å².